The molecule has 0 aliphatic rings. The van der Waals surface area contributed by atoms with Crippen LogP contribution in [0.4, 0.5) is 5.69 Å². The van der Waals surface area contributed by atoms with E-state index in [0.717, 1.165) is 18.9 Å². The third-order valence-electron chi connectivity index (χ3n) is 2.80. The first kappa shape index (κ1) is 15.8. The van der Waals surface area contributed by atoms with Gasteiger partial charge in [-0.15, -0.1) is 0 Å². The number of benzene rings is 1. The topological polar surface area (TPSA) is 90.2 Å². The van der Waals surface area contributed by atoms with Crippen molar-refractivity contribution in [2.45, 2.75) is 4.90 Å². The average Bonchev–Trinajstić information content (AvgIpc) is 2.42. The zero-order chi connectivity index (χ0) is 15.8. The molecule has 0 bridgehead atoms. The minimum Gasteiger partial charge on any atom is -0.302 e. The lowest BCUT2D eigenvalue weighted by Gasteiger charge is -2.10. The maximum atomic E-state index is 12.3. The van der Waals surface area contributed by atoms with E-state index in [1.165, 1.54) is 14.1 Å². The maximum Gasteiger partial charge on any atom is 0.330 e. The highest BCUT2D eigenvalue weighted by Crippen LogP contribution is 2.15. The standard InChI is InChI=1S/C12H12IN3O4S/c1-15-7-10(11(17)16(2)12(15)18)21(19,20)14-9-5-3-8(13)4-6-9/h3-7,14H,1-2H3. The van der Waals surface area contributed by atoms with Gasteiger partial charge in [-0.3, -0.25) is 14.1 Å². The molecule has 0 amide bonds. The SMILES string of the molecule is Cn1cc(S(=O)(=O)Nc2ccc(I)cc2)c(=O)n(C)c1=O. The molecule has 0 aliphatic heterocycles. The minimum absolute atomic E-state index is 0.339. The Labute approximate surface area is 134 Å². The molecule has 2 aromatic rings. The molecule has 0 fully saturated rings. The van der Waals surface area contributed by atoms with Gasteiger partial charge in [0.2, 0.25) is 0 Å². The van der Waals surface area contributed by atoms with Crippen molar-refractivity contribution in [2.75, 3.05) is 4.72 Å². The Hall–Kier alpha value is -1.62. The molecule has 1 aromatic carbocycles. The van der Waals surface area contributed by atoms with Crippen LogP contribution < -0.4 is 16.0 Å². The predicted molar refractivity (Wildman–Crippen MR) is 86.9 cm³/mol. The molecule has 0 spiro atoms. The number of sulfonamides is 1. The van der Waals surface area contributed by atoms with Crippen LogP contribution in [0.5, 0.6) is 0 Å². The Bertz CT molecular complexity index is 898. The van der Waals surface area contributed by atoms with Crippen molar-refractivity contribution in [3.8, 4) is 0 Å². The fraction of sp³-hybridized carbons (Fsp3) is 0.167. The van der Waals surface area contributed by atoms with E-state index in [4.69, 9.17) is 0 Å². The molecule has 0 unspecified atom stereocenters. The highest BCUT2D eigenvalue weighted by Gasteiger charge is 2.21. The van der Waals surface area contributed by atoms with Gasteiger partial charge in [0.05, 0.1) is 0 Å². The van der Waals surface area contributed by atoms with Crippen LogP contribution in [-0.4, -0.2) is 17.6 Å². The van der Waals surface area contributed by atoms with E-state index < -0.39 is 26.2 Å². The molecule has 0 aliphatic carbocycles. The summed E-state index contributed by atoms with van der Waals surface area (Å²) in [5, 5.41) is 0. The van der Waals surface area contributed by atoms with Gasteiger partial charge in [-0.1, -0.05) is 0 Å². The second kappa shape index (κ2) is 5.64. The molecule has 9 heteroatoms. The maximum absolute atomic E-state index is 12.3. The smallest absolute Gasteiger partial charge is 0.302 e. The van der Waals surface area contributed by atoms with Gasteiger partial charge in [0.15, 0.2) is 4.90 Å². The Morgan fingerprint density at radius 1 is 1.10 bits per heavy atom. The van der Waals surface area contributed by atoms with Crippen LogP contribution in [-0.2, 0) is 24.1 Å². The second-order valence-electron chi connectivity index (χ2n) is 4.36. The summed E-state index contributed by atoms with van der Waals surface area (Å²) in [7, 11) is -1.45. The van der Waals surface area contributed by atoms with Gasteiger partial charge in [-0.25, -0.2) is 13.2 Å². The number of halogens is 1. The minimum atomic E-state index is -4.06. The van der Waals surface area contributed by atoms with Gasteiger partial charge in [-0.2, -0.15) is 0 Å². The van der Waals surface area contributed by atoms with Gasteiger partial charge < -0.3 is 4.57 Å². The number of aryl methyl sites for hydroxylation is 1. The van der Waals surface area contributed by atoms with Gasteiger partial charge in [0.1, 0.15) is 0 Å². The molecular weight excluding hydrogens is 409 g/mol. The fourth-order valence-corrected chi connectivity index (χ4v) is 3.27. The zero-order valence-electron chi connectivity index (χ0n) is 11.2. The van der Waals surface area contributed by atoms with Crippen molar-refractivity contribution < 1.29 is 8.42 Å². The van der Waals surface area contributed by atoms with E-state index >= 15 is 0 Å². The van der Waals surface area contributed by atoms with Gasteiger partial charge in [0.25, 0.3) is 15.6 Å². The summed E-state index contributed by atoms with van der Waals surface area (Å²) in [5.41, 5.74) is -1.12. The monoisotopic (exact) mass is 421 g/mol. The Morgan fingerprint density at radius 3 is 2.24 bits per heavy atom. The summed E-state index contributed by atoms with van der Waals surface area (Å²) in [5.74, 6) is 0. The molecular formula is C12H12IN3O4S. The second-order valence-corrected chi connectivity index (χ2v) is 7.26. The van der Waals surface area contributed by atoms with E-state index in [1.807, 2.05) is 0 Å². The van der Waals surface area contributed by atoms with Crippen LogP contribution in [0.15, 0.2) is 44.9 Å². The van der Waals surface area contributed by atoms with Crippen LogP contribution in [0.25, 0.3) is 0 Å². The van der Waals surface area contributed by atoms with Crippen LogP contribution in [0.3, 0.4) is 0 Å². The summed E-state index contributed by atoms with van der Waals surface area (Å²) >= 11 is 2.09. The largest absolute Gasteiger partial charge is 0.330 e. The molecule has 0 saturated heterocycles. The summed E-state index contributed by atoms with van der Waals surface area (Å²) in [6.07, 6.45) is 1.01. The van der Waals surface area contributed by atoms with Gasteiger partial charge in [-0.05, 0) is 46.9 Å². The lowest BCUT2D eigenvalue weighted by molar-refractivity contribution is 0.589. The number of anilines is 1. The highest BCUT2D eigenvalue weighted by atomic mass is 127. The fourth-order valence-electron chi connectivity index (χ4n) is 1.69. The molecule has 1 N–H and O–H groups in total. The lowest BCUT2D eigenvalue weighted by atomic mass is 10.3. The summed E-state index contributed by atoms with van der Waals surface area (Å²) < 4.78 is 29.6. The van der Waals surface area contributed by atoms with Crippen molar-refractivity contribution >= 4 is 38.3 Å². The number of nitrogens with zero attached hydrogens (tertiary/aromatic N) is 2. The van der Waals surface area contributed by atoms with Crippen LogP contribution in [0.1, 0.15) is 0 Å². The first-order valence-electron chi connectivity index (χ1n) is 5.77. The number of rotatable bonds is 3. The van der Waals surface area contributed by atoms with Crippen molar-refractivity contribution in [1.29, 1.82) is 0 Å². The molecule has 1 heterocycles. The van der Waals surface area contributed by atoms with E-state index in [9.17, 15) is 18.0 Å². The third kappa shape index (κ3) is 3.18. The van der Waals surface area contributed by atoms with Crippen molar-refractivity contribution in [2.24, 2.45) is 14.1 Å². The predicted octanol–water partition coefficient (Wildman–Crippen LogP) is 0.489. The molecule has 1 aromatic heterocycles. The summed E-state index contributed by atoms with van der Waals surface area (Å²) in [4.78, 5) is 23.1. The normalized spacial score (nSPS) is 11.4. The highest BCUT2D eigenvalue weighted by molar-refractivity contribution is 14.1. The van der Waals surface area contributed by atoms with E-state index in [0.29, 0.717) is 5.69 Å². The Morgan fingerprint density at radius 2 is 1.67 bits per heavy atom. The average molecular weight is 421 g/mol. The van der Waals surface area contributed by atoms with Crippen LogP contribution >= 0.6 is 22.6 Å². The molecule has 21 heavy (non-hydrogen) atoms. The Kier molecular flexibility index (Phi) is 4.23. The number of aromatic nitrogens is 2. The molecule has 0 radical (unpaired) electrons. The van der Waals surface area contributed by atoms with Crippen molar-refractivity contribution in [1.82, 2.24) is 9.13 Å². The quantitative estimate of drug-likeness (QED) is 0.731. The van der Waals surface area contributed by atoms with Gasteiger partial charge >= 0.3 is 5.69 Å². The molecule has 112 valence electrons. The lowest BCUT2D eigenvalue weighted by Crippen LogP contribution is -2.40. The molecule has 0 saturated carbocycles. The number of hydrogen-bond acceptors (Lipinski definition) is 4. The summed E-state index contributed by atoms with van der Waals surface area (Å²) in [6, 6.07) is 6.64. The zero-order valence-corrected chi connectivity index (χ0v) is 14.2. The molecule has 2 rings (SSSR count). The van der Waals surface area contributed by atoms with Crippen LogP contribution in [0.2, 0.25) is 0 Å². The first-order chi connectivity index (χ1) is 9.72. The van der Waals surface area contributed by atoms with Gasteiger partial charge in [0, 0.05) is 29.5 Å². The Balaban J connectivity index is 2.53. The number of hydrogen-bond donors (Lipinski definition) is 1. The first-order valence-corrected chi connectivity index (χ1v) is 8.33. The summed E-state index contributed by atoms with van der Waals surface area (Å²) in [6.45, 7) is 0. The van der Waals surface area contributed by atoms with Crippen molar-refractivity contribution in [3.63, 3.8) is 0 Å². The van der Waals surface area contributed by atoms with Crippen LogP contribution in [0, 0.1) is 3.57 Å². The van der Waals surface area contributed by atoms with E-state index in [1.54, 1.807) is 24.3 Å². The third-order valence-corrected chi connectivity index (χ3v) is 4.88. The van der Waals surface area contributed by atoms with E-state index in [2.05, 4.69) is 27.3 Å². The van der Waals surface area contributed by atoms with Crippen molar-refractivity contribution in [3.05, 3.63) is 54.9 Å². The number of nitrogens with one attached hydrogen (secondary N) is 1. The van der Waals surface area contributed by atoms with E-state index in [-0.39, 0.29) is 0 Å². The molecule has 7 nitrogen and oxygen atoms in total. The molecule has 0 atom stereocenters.